The Bertz CT molecular complexity index is 817. The first-order valence-electron chi connectivity index (χ1n) is 10.1. The van der Waals surface area contributed by atoms with Crippen LogP contribution in [0.4, 0.5) is 0 Å². The highest BCUT2D eigenvalue weighted by molar-refractivity contribution is 5.92. The molecule has 4 rings (SSSR count). The lowest BCUT2D eigenvalue weighted by molar-refractivity contribution is -0.145. The number of rotatable bonds is 6. The zero-order valence-electron chi connectivity index (χ0n) is 16.4. The van der Waals surface area contributed by atoms with Gasteiger partial charge in [0.05, 0.1) is 24.9 Å². The second-order valence-corrected chi connectivity index (χ2v) is 7.22. The number of hydrogen-bond acceptors (Lipinski definition) is 5. The summed E-state index contributed by atoms with van der Waals surface area (Å²) in [4.78, 5) is 18.9. The minimum Gasteiger partial charge on any atom is -0.487 e. The molecule has 2 aliphatic rings. The molecule has 3 heterocycles. The van der Waals surface area contributed by atoms with Crippen molar-refractivity contribution in [2.45, 2.75) is 38.2 Å². The maximum Gasteiger partial charge on any atom is 0.246 e. The third-order valence-corrected chi connectivity index (χ3v) is 5.21. The van der Waals surface area contributed by atoms with Gasteiger partial charge in [-0.25, -0.2) is 0 Å². The number of amides is 1. The van der Waals surface area contributed by atoms with Crippen LogP contribution in [-0.2, 0) is 20.9 Å². The zero-order chi connectivity index (χ0) is 19.9. The molecule has 1 unspecified atom stereocenters. The molecule has 1 aromatic heterocycles. The smallest absolute Gasteiger partial charge is 0.246 e. The normalized spacial score (nSPS) is 20.3. The van der Waals surface area contributed by atoms with Gasteiger partial charge in [-0.3, -0.25) is 9.78 Å². The summed E-state index contributed by atoms with van der Waals surface area (Å²) >= 11 is 0. The van der Waals surface area contributed by atoms with E-state index in [1.54, 1.807) is 12.3 Å². The van der Waals surface area contributed by atoms with Crippen LogP contribution < -0.4 is 4.74 Å². The quantitative estimate of drug-likeness (QED) is 0.703. The number of ether oxygens (including phenoxy) is 3. The van der Waals surface area contributed by atoms with Crippen LogP contribution in [0.2, 0.25) is 0 Å². The summed E-state index contributed by atoms with van der Waals surface area (Å²) in [5.74, 6) is 0.773. The van der Waals surface area contributed by atoms with Gasteiger partial charge in [0, 0.05) is 18.8 Å². The van der Waals surface area contributed by atoms with Gasteiger partial charge in [0.25, 0.3) is 0 Å². The summed E-state index contributed by atoms with van der Waals surface area (Å²) in [7, 11) is 0. The number of hydrogen-bond donors (Lipinski definition) is 0. The summed E-state index contributed by atoms with van der Waals surface area (Å²) in [6, 6.07) is 13.4. The molecule has 0 saturated carbocycles. The van der Waals surface area contributed by atoms with Crippen LogP contribution in [0.1, 0.15) is 30.5 Å². The fraction of sp³-hybridized carbons (Fsp3) is 0.391. The van der Waals surface area contributed by atoms with Crippen molar-refractivity contribution in [3.8, 4) is 5.75 Å². The number of pyridine rings is 1. The number of likely N-dealkylation sites (tertiary alicyclic amines) is 1. The summed E-state index contributed by atoms with van der Waals surface area (Å²) in [6.45, 7) is 2.38. The molecule has 0 N–H and O–H groups in total. The lowest BCUT2D eigenvalue weighted by Crippen LogP contribution is -2.49. The van der Waals surface area contributed by atoms with Crippen LogP contribution in [0, 0.1) is 0 Å². The van der Waals surface area contributed by atoms with Crippen molar-refractivity contribution in [3.05, 3.63) is 66.0 Å². The second kappa shape index (κ2) is 9.67. The van der Waals surface area contributed by atoms with E-state index >= 15 is 0 Å². The predicted octanol–water partition coefficient (Wildman–Crippen LogP) is 3.43. The van der Waals surface area contributed by atoms with E-state index in [1.165, 1.54) is 0 Å². The van der Waals surface area contributed by atoms with Gasteiger partial charge in [0.15, 0.2) is 6.29 Å². The van der Waals surface area contributed by atoms with E-state index < -0.39 is 0 Å². The Morgan fingerprint density at radius 3 is 2.72 bits per heavy atom. The van der Waals surface area contributed by atoms with E-state index in [0.717, 1.165) is 42.8 Å². The molecule has 29 heavy (non-hydrogen) atoms. The van der Waals surface area contributed by atoms with Crippen LogP contribution in [0.5, 0.6) is 5.75 Å². The molecule has 1 aromatic carbocycles. The highest BCUT2D eigenvalue weighted by Gasteiger charge is 2.35. The average Bonchev–Trinajstić information content (AvgIpc) is 3.32. The van der Waals surface area contributed by atoms with Crippen molar-refractivity contribution in [1.29, 1.82) is 0 Å². The summed E-state index contributed by atoms with van der Waals surface area (Å²) < 4.78 is 17.0. The van der Waals surface area contributed by atoms with Crippen LogP contribution in [-0.4, -0.2) is 47.9 Å². The molecule has 152 valence electrons. The van der Waals surface area contributed by atoms with Crippen molar-refractivity contribution < 1.29 is 19.0 Å². The largest absolute Gasteiger partial charge is 0.487 e. The third kappa shape index (κ3) is 5.22. The topological polar surface area (TPSA) is 60.9 Å². The molecule has 6 nitrogen and oxygen atoms in total. The zero-order valence-corrected chi connectivity index (χ0v) is 16.4. The fourth-order valence-corrected chi connectivity index (χ4v) is 3.69. The van der Waals surface area contributed by atoms with Gasteiger partial charge in [0.2, 0.25) is 5.91 Å². The van der Waals surface area contributed by atoms with Gasteiger partial charge < -0.3 is 19.1 Å². The highest BCUT2D eigenvalue weighted by atomic mass is 16.7. The Morgan fingerprint density at radius 1 is 1.14 bits per heavy atom. The number of nitrogens with zero attached hydrogens (tertiary/aromatic N) is 2. The highest BCUT2D eigenvalue weighted by Crippen LogP contribution is 2.25. The van der Waals surface area contributed by atoms with Gasteiger partial charge in [0.1, 0.15) is 12.4 Å². The molecule has 0 bridgehead atoms. The molecule has 2 saturated heterocycles. The van der Waals surface area contributed by atoms with Crippen LogP contribution >= 0.6 is 0 Å². The molecule has 0 aliphatic carbocycles. The van der Waals surface area contributed by atoms with Crippen molar-refractivity contribution in [2.24, 2.45) is 0 Å². The van der Waals surface area contributed by atoms with Crippen LogP contribution in [0.15, 0.2) is 54.7 Å². The van der Waals surface area contributed by atoms with Crippen molar-refractivity contribution in [1.82, 2.24) is 9.88 Å². The minimum absolute atomic E-state index is 0.00396. The molecule has 1 amide bonds. The summed E-state index contributed by atoms with van der Waals surface area (Å²) in [6.07, 6.45) is 7.98. The first-order valence-corrected chi connectivity index (χ1v) is 10.1. The predicted molar refractivity (Wildman–Crippen MR) is 109 cm³/mol. The van der Waals surface area contributed by atoms with Crippen LogP contribution in [0.3, 0.4) is 0 Å². The van der Waals surface area contributed by atoms with Gasteiger partial charge in [-0.1, -0.05) is 18.2 Å². The Labute approximate surface area is 171 Å². The molecule has 0 radical (unpaired) electrons. The molecule has 2 fully saturated rings. The van der Waals surface area contributed by atoms with Gasteiger partial charge in [-0.15, -0.1) is 0 Å². The van der Waals surface area contributed by atoms with E-state index in [2.05, 4.69) is 4.98 Å². The van der Waals surface area contributed by atoms with Gasteiger partial charge >= 0.3 is 0 Å². The fourth-order valence-electron chi connectivity index (χ4n) is 3.69. The lowest BCUT2D eigenvalue weighted by Gasteiger charge is -2.37. The first kappa shape index (κ1) is 19.6. The van der Waals surface area contributed by atoms with E-state index in [-0.39, 0.29) is 18.2 Å². The van der Waals surface area contributed by atoms with Crippen LogP contribution in [0.25, 0.3) is 6.08 Å². The lowest BCUT2D eigenvalue weighted by atomic mass is 10.0. The minimum atomic E-state index is -0.289. The molecule has 2 aromatic rings. The van der Waals surface area contributed by atoms with E-state index in [0.29, 0.717) is 19.8 Å². The number of benzene rings is 1. The SMILES string of the molecule is O=C(/C=C/c1ccc(OCc2ccccn2)cc1)N1CCCCC1C1OCCO1. The molecular formula is C23H26N2O4. The Kier molecular flexibility index (Phi) is 6.54. The number of carbonyl (C=O) groups is 1. The first-order chi connectivity index (χ1) is 14.3. The number of piperidine rings is 1. The van der Waals surface area contributed by atoms with Crippen molar-refractivity contribution >= 4 is 12.0 Å². The Morgan fingerprint density at radius 2 is 1.97 bits per heavy atom. The van der Waals surface area contributed by atoms with E-state index in [9.17, 15) is 4.79 Å². The monoisotopic (exact) mass is 394 g/mol. The maximum absolute atomic E-state index is 12.8. The maximum atomic E-state index is 12.8. The molecule has 1 atom stereocenters. The Balaban J connectivity index is 1.33. The number of aromatic nitrogens is 1. The summed E-state index contributed by atoms with van der Waals surface area (Å²) in [5, 5.41) is 0. The van der Waals surface area contributed by atoms with Crippen molar-refractivity contribution in [2.75, 3.05) is 19.8 Å². The number of carbonyl (C=O) groups excluding carboxylic acids is 1. The average molecular weight is 394 g/mol. The third-order valence-electron chi connectivity index (χ3n) is 5.21. The molecular weight excluding hydrogens is 368 g/mol. The second-order valence-electron chi connectivity index (χ2n) is 7.22. The van der Waals surface area contributed by atoms with E-state index in [4.69, 9.17) is 14.2 Å². The molecule has 6 heteroatoms. The standard InChI is InChI=1S/C23H26N2O4/c26-22(25-14-4-2-6-21(25)23-27-15-16-28-23)12-9-18-7-10-20(11-8-18)29-17-19-5-1-3-13-24-19/h1,3,5,7-13,21,23H,2,4,6,14-17H2/b12-9+. The van der Waals surface area contributed by atoms with Crippen molar-refractivity contribution in [3.63, 3.8) is 0 Å². The van der Waals surface area contributed by atoms with Gasteiger partial charge in [-0.2, -0.15) is 0 Å². The summed E-state index contributed by atoms with van der Waals surface area (Å²) in [5.41, 5.74) is 1.83. The van der Waals surface area contributed by atoms with Gasteiger partial charge in [-0.05, 0) is 55.2 Å². The molecule has 0 spiro atoms. The Hall–Kier alpha value is -2.70. The molecule has 2 aliphatic heterocycles. The van der Waals surface area contributed by atoms with E-state index in [1.807, 2.05) is 53.4 Å².